The summed E-state index contributed by atoms with van der Waals surface area (Å²) in [5, 5.41) is 0. The molecule has 0 saturated carbocycles. The molecule has 0 aliphatic carbocycles. The van der Waals surface area contributed by atoms with Gasteiger partial charge in [0, 0.05) is 16.6 Å². The van der Waals surface area contributed by atoms with E-state index in [0.717, 1.165) is 0 Å². The normalized spacial score (nSPS) is 13.6. The van der Waals surface area contributed by atoms with E-state index in [0.29, 0.717) is 10.2 Å². The Morgan fingerprint density at radius 3 is 2.53 bits per heavy atom. The molecule has 1 unspecified atom stereocenters. The molecule has 1 aromatic carbocycles. The molecule has 0 heterocycles. The Labute approximate surface area is 125 Å². The highest BCUT2D eigenvalue weighted by Gasteiger charge is 2.21. The first kappa shape index (κ1) is 16.7. The number of benzene rings is 1. The largest absolute Gasteiger partial charge is 0.492 e. The number of halogens is 3. The minimum Gasteiger partial charge on any atom is -0.492 e. The van der Waals surface area contributed by atoms with Gasteiger partial charge >= 0.3 is 0 Å². The van der Waals surface area contributed by atoms with Gasteiger partial charge in [0.15, 0.2) is 0 Å². The summed E-state index contributed by atoms with van der Waals surface area (Å²) < 4.78 is 41.2. The molecular weight excluding hydrogens is 359 g/mol. The third-order valence-electron chi connectivity index (χ3n) is 2.70. The molecule has 19 heavy (non-hydrogen) atoms. The maximum atomic E-state index is 12.9. The van der Waals surface area contributed by atoms with Crippen LogP contribution in [0.5, 0.6) is 5.75 Å². The standard InChI is InChI=1S/C12H15BrClFO3S/c1-8(2)9(7-19(14,16)17)6-18-12-4-3-10(15)5-11(12)13/h3-5,8-9H,6-7H2,1-2H3. The van der Waals surface area contributed by atoms with Crippen molar-refractivity contribution < 1.29 is 17.5 Å². The van der Waals surface area contributed by atoms with Crippen molar-refractivity contribution in [3.8, 4) is 5.75 Å². The Kier molecular flexibility index (Phi) is 6.08. The molecule has 108 valence electrons. The van der Waals surface area contributed by atoms with Gasteiger partial charge in [-0.05, 0) is 40.0 Å². The zero-order valence-electron chi connectivity index (χ0n) is 10.6. The van der Waals surface area contributed by atoms with Gasteiger partial charge in [0.05, 0.1) is 16.8 Å². The molecule has 7 heteroatoms. The molecule has 3 nitrogen and oxygen atoms in total. The lowest BCUT2D eigenvalue weighted by atomic mass is 9.99. The summed E-state index contributed by atoms with van der Waals surface area (Å²) in [5.41, 5.74) is 0. The van der Waals surface area contributed by atoms with Gasteiger partial charge < -0.3 is 4.74 Å². The number of hydrogen-bond donors (Lipinski definition) is 0. The summed E-state index contributed by atoms with van der Waals surface area (Å²) in [4.78, 5) is 0. The Hall–Kier alpha value is -0.330. The predicted octanol–water partition coefficient (Wildman–Crippen LogP) is 3.81. The SMILES string of the molecule is CC(C)C(COc1ccc(F)cc1Br)CS(=O)(=O)Cl. The van der Waals surface area contributed by atoms with Gasteiger partial charge in [-0.3, -0.25) is 0 Å². The maximum absolute atomic E-state index is 12.9. The van der Waals surface area contributed by atoms with Crippen molar-refractivity contribution in [1.82, 2.24) is 0 Å². The zero-order chi connectivity index (χ0) is 14.6. The first-order chi connectivity index (χ1) is 8.69. The molecule has 1 rings (SSSR count). The highest BCUT2D eigenvalue weighted by atomic mass is 79.9. The Balaban J connectivity index is 2.71. The van der Waals surface area contributed by atoms with Crippen LogP contribution in [0.25, 0.3) is 0 Å². The van der Waals surface area contributed by atoms with E-state index in [1.807, 2.05) is 13.8 Å². The van der Waals surface area contributed by atoms with E-state index in [1.165, 1.54) is 18.2 Å². The monoisotopic (exact) mass is 372 g/mol. The van der Waals surface area contributed by atoms with E-state index in [2.05, 4.69) is 15.9 Å². The van der Waals surface area contributed by atoms with Crippen LogP contribution in [0.3, 0.4) is 0 Å². The molecule has 0 fully saturated rings. The number of rotatable bonds is 6. The fourth-order valence-corrected chi connectivity index (χ4v) is 3.42. The van der Waals surface area contributed by atoms with Gasteiger partial charge in [-0.25, -0.2) is 12.8 Å². The van der Waals surface area contributed by atoms with Gasteiger partial charge in [-0.2, -0.15) is 0 Å². The van der Waals surface area contributed by atoms with Crippen LogP contribution in [0, 0.1) is 17.7 Å². The minimum atomic E-state index is -3.57. The molecule has 0 aliphatic rings. The molecule has 0 aromatic heterocycles. The third-order valence-corrected chi connectivity index (χ3v) is 4.53. The van der Waals surface area contributed by atoms with Crippen LogP contribution in [-0.2, 0) is 9.05 Å². The molecule has 0 amide bonds. The Morgan fingerprint density at radius 2 is 2.05 bits per heavy atom. The Bertz CT molecular complexity index is 534. The zero-order valence-corrected chi connectivity index (χ0v) is 13.7. The number of hydrogen-bond acceptors (Lipinski definition) is 3. The molecule has 1 aromatic rings. The van der Waals surface area contributed by atoms with E-state index >= 15 is 0 Å². The van der Waals surface area contributed by atoms with Gasteiger partial charge in [-0.15, -0.1) is 0 Å². The summed E-state index contributed by atoms with van der Waals surface area (Å²) in [5.74, 6) is -0.167. The fraction of sp³-hybridized carbons (Fsp3) is 0.500. The molecule has 0 radical (unpaired) electrons. The van der Waals surface area contributed by atoms with Crippen LogP contribution in [0.2, 0.25) is 0 Å². The lowest BCUT2D eigenvalue weighted by Gasteiger charge is -2.20. The summed E-state index contributed by atoms with van der Waals surface area (Å²) in [6.45, 7) is 4.00. The predicted molar refractivity (Wildman–Crippen MR) is 77.6 cm³/mol. The summed E-state index contributed by atoms with van der Waals surface area (Å²) in [6, 6.07) is 4.06. The van der Waals surface area contributed by atoms with Crippen molar-refractivity contribution in [3.63, 3.8) is 0 Å². The molecule has 0 N–H and O–H groups in total. The second-order valence-corrected chi connectivity index (χ2v) is 8.27. The van der Waals surface area contributed by atoms with Gasteiger partial charge in [0.25, 0.3) is 0 Å². The molecule has 0 aliphatic heterocycles. The lowest BCUT2D eigenvalue weighted by Crippen LogP contribution is -2.24. The van der Waals surface area contributed by atoms with Crippen molar-refractivity contribution in [3.05, 3.63) is 28.5 Å². The lowest BCUT2D eigenvalue weighted by molar-refractivity contribution is 0.224. The maximum Gasteiger partial charge on any atom is 0.233 e. The van der Waals surface area contributed by atoms with Crippen LogP contribution >= 0.6 is 26.6 Å². The van der Waals surface area contributed by atoms with E-state index in [-0.39, 0.29) is 30.0 Å². The minimum absolute atomic E-state index is 0.104. The quantitative estimate of drug-likeness (QED) is 0.712. The van der Waals surface area contributed by atoms with Crippen molar-refractivity contribution in [2.75, 3.05) is 12.4 Å². The van der Waals surface area contributed by atoms with Crippen LogP contribution < -0.4 is 4.74 Å². The summed E-state index contributed by atoms with van der Waals surface area (Å²) >= 11 is 3.19. The van der Waals surface area contributed by atoms with E-state index in [1.54, 1.807) is 0 Å². The van der Waals surface area contributed by atoms with Crippen LogP contribution in [0.15, 0.2) is 22.7 Å². The van der Waals surface area contributed by atoms with Gasteiger partial charge in [0.1, 0.15) is 11.6 Å². The highest BCUT2D eigenvalue weighted by Crippen LogP contribution is 2.27. The van der Waals surface area contributed by atoms with Crippen LogP contribution in [0.1, 0.15) is 13.8 Å². The summed E-state index contributed by atoms with van der Waals surface area (Å²) in [7, 11) is 1.69. The van der Waals surface area contributed by atoms with Crippen molar-refractivity contribution in [2.45, 2.75) is 13.8 Å². The molecular formula is C12H15BrClFO3S. The summed E-state index contributed by atoms with van der Waals surface area (Å²) in [6.07, 6.45) is 0. The van der Waals surface area contributed by atoms with Gasteiger partial charge in [0.2, 0.25) is 9.05 Å². The van der Waals surface area contributed by atoms with Crippen molar-refractivity contribution >= 4 is 35.7 Å². The second kappa shape index (κ2) is 6.90. The first-order valence-corrected chi connectivity index (χ1v) is 8.96. The van der Waals surface area contributed by atoms with Crippen LogP contribution in [-0.4, -0.2) is 20.8 Å². The second-order valence-electron chi connectivity index (χ2n) is 4.60. The first-order valence-electron chi connectivity index (χ1n) is 5.69. The molecule has 0 saturated heterocycles. The van der Waals surface area contributed by atoms with E-state index in [4.69, 9.17) is 15.4 Å². The van der Waals surface area contributed by atoms with Crippen molar-refractivity contribution in [1.29, 1.82) is 0 Å². The topological polar surface area (TPSA) is 43.4 Å². The van der Waals surface area contributed by atoms with Gasteiger partial charge in [-0.1, -0.05) is 13.8 Å². The third kappa shape index (κ3) is 6.10. The fourth-order valence-electron chi connectivity index (χ4n) is 1.48. The van der Waals surface area contributed by atoms with E-state index in [9.17, 15) is 12.8 Å². The van der Waals surface area contributed by atoms with Crippen LogP contribution in [0.4, 0.5) is 4.39 Å². The highest BCUT2D eigenvalue weighted by molar-refractivity contribution is 9.10. The van der Waals surface area contributed by atoms with Crippen molar-refractivity contribution in [2.24, 2.45) is 11.8 Å². The molecule has 1 atom stereocenters. The number of ether oxygens (including phenoxy) is 1. The van der Waals surface area contributed by atoms with E-state index < -0.39 is 9.05 Å². The Morgan fingerprint density at radius 1 is 1.42 bits per heavy atom. The average molecular weight is 374 g/mol. The smallest absolute Gasteiger partial charge is 0.233 e. The molecule has 0 spiro atoms. The molecule has 0 bridgehead atoms. The average Bonchev–Trinajstić information content (AvgIpc) is 2.24.